The number of carbonyl (C=O) groups is 2. The van der Waals surface area contributed by atoms with Crippen molar-refractivity contribution >= 4 is 23.5 Å². The van der Waals surface area contributed by atoms with E-state index < -0.39 is 35.7 Å². The van der Waals surface area contributed by atoms with E-state index in [0.717, 1.165) is 22.3 Å². The van der Waals surface area contributed by atoms with E-state index in [1.807, 2.05) is 13.8 Å². The number of aryl methyl sites for hydroxylation is 1. The van der Waals surface area contributed by atoms with Crippen molar-refractivity contribution in [3.8, 4) is 5.88 Å². The highest BCUT2D eigenvalue weighted by Gasteiger charge is 2.39. The number of alkyl halides is 2. The van der Waals surface area contributed by atoms with Crippen molar-refractivity contribution in [2.45, 2.75) is 58.5 Å². The summed E-state index contributed by atoms with van der Waals surface area (Å²) >= 11 is 0. The van der Waals surface area contributed by atoms with Gasteiger partial charge in [0.05, 0.1) is 12.2 Å². The van der Waals surface area contributed by atoms with Crippen LogP contribution in [0.4, 0.5) is 8.78 Å². The molecular formula is C22H27F2N5O4. The zero-order valence-corrected chi connectivity index (χ0v) is 18.8. The maximum atomic E-state index is 13.5. The number of fused-ring (bicyclic) bond motifs is 1. The van der Waals surface area contributed by atoms with Crippen LogP contribution in [-0.4, -0.2) is 61.1 Å². The third kappa shape index (κ3) is 4.49. The molecule has 2 fully saturated rings. The Morgan fingerprint density at radius 3 is 2.61 bits per heavy atom. The van der Waals surface area contributed by atoms with E-state index in [1.54, 1.807) is 6.92 Å². The first-order valence-electron chi connectivity index (χ1n) is 11.0. The van der Waals surface area contributed by atoms with Gasteiger partial charge in [-0.05, 0) is 31.8 Å². The van der Waals surface area contributed by atoms with Gasteiger partial charge in [0.1, 0.15) is 5.65 Å². The molecule has 9 nitrogen and oxygen atoms in total. The summed E-state index contributed by atoms with van der Waals surface area (Å²) in [6.45, 7) is 5.05. The van der Waals surface area contributed by atoms with E-state index in [4.69, 9.17) is 0 Å². The van der Waals surface area contributed by atoms with Crippen LogP contribution in [0.15, 0.2) is 10.9 Å². The molecule has 178 valence electrons. The third-order valence-electron chi connectivity index (χ3n) is 5.78. The van der Waals surface area contributed by atoms with E-state index in [1.165, 1.54) is 16.7 Å². The molecule has 1 aliphatic carbocycles. The molecule has 2 aliphatic rings. The van der Waals surface area contributed by atoms with Crippen LogP contribution >= 0.6 is 0 Å². The number of hydrogen-bond donors (Lipinski definition) is 2. The predicted molar refractivity (Wildman–Crippen MR) is 116 cm³/mol. The summed E-state index contributed by atoms with van der Waals surface area (Å²) in [5.74, 6) is -4.56. The first kappa shape index (κ1) is 22.9. The fourth-order valence-electron chi connectivity index (χ4n) is 3.97. The van der Waals surface area contributed by atoms with Gasteiger partial charge in [-0.2, -0.15) is 9.61 Å². The highest BCUT2D eigenvalue weighted by Crippen LogP contribution is 2.28. The Kier molecular flexibility index (Phi) is 5.75. The minimum atomic E-state index is -2.90. The SMILES string of the molecule is Cc1nn2c(=O)c(C(=O)NC3CC3)c(O)n(CC(C)C)c2c1C=CC(=O)N1CCC(F)(F)C1. The molecule has 0 bridgehead atoms. The third-order valence-corrected chi connectivity index (χ3v) is 5.78. The number of rotatable bonds is 6. The van der Waals surface area contributed by atoms with Crippen molar-refractivity contribution < 1.29 is 23.5 Å². The second-order valence-corrected chi connectivity index (χ2v) is 9.19. The largest absolute Gasteiger partial charge is 0.494 e. The standard InChI is InChI=1S/C22H27F2N5O4/c1-12(2)10-28-19-15(6-7-16(30)27-9-8-22(23,24)11-27)13(3)26-29(19)21(33)17(20(28)32)18(31)25-14-4-5-14/h6-7,12,14,32H,4-5,8-11H2,1-3H3,(H,25,31). The van der Waals surface area contributed by atoms with Crippen LogP contribution in [0, 0.1) is 12.8 Å². The van der Waals surface area contributed by atoms with Crippen molar-refractivity contribution in [2.75, 3.05) is 13.1 Å². The maximum Gasteiger partial charge on any atom is 0.291 e. The molecular weight excluding hydrogens is 436 g/mol. The average molecular weight is 463 g/mol. The number of amides is 2. The number of halogens is 2. The summed E-state index contributed by atoms with van der Waals surface area (Å²) in [4.78, 5) is 39.3. The summed E-state index contributed by atoms with van der Waals surface area (Å²) in [5.41, 5.74) is -0.157. The Morgan fingerprint density at radius 1 is 1.33 bits per heavy atom. The molecule has 0 spiro atoms. The number of hydrogen-bond acceptors (Lipinski definition) is 5. The molecule has 2 aromatic rings. The zero-order valence-electron chi connectivity index (χ0n) is 18.8. The van der Waals surface area contributed by atoms with Gasteiger partial charge in [0.2, 0.25) is 11.8 Å². The Labute approximate surface area is 188 Å². The Morgan fingerprint density at radius 2 is 2.03 bits per heavy atom. The van der Waals surface area contributed by atoms with E-state index in [9.17, 15) is 28.3 Å². The van der Waals surface area contributed by atoms with E-state index >= 15 is 0 Å². The lowest BCUT2D eigenvalue weighted by atomic mass is 10.1. The summed E-state index contributed by atoms with van der Waals surface area (Å²) in [5, 5.41) is 17.9. The van der Waals surface area contributed by atoms with Crippen LogP contribution in [0.2, 0.25) is 0 Å². The second-order valence-electron chi connectivity index (χ2n) is 9.19. The minimum absolute atomic E-state index is 0.00706. The molecule has 2 N–H and O–H groups in total. The summed E-state index contributed by atoms with van der Waals surface area (Å²) in [6, 6.07) is -0.00706. The van der Waals surface area contributed by atoms with Gasteiger partial charge in [0.25, 0.3) is 17.4 Å². The maximum absolute atomic E-state index is 13.5. The van der Waals surface area contributed by atoms with Gasteiger partial charge in [-0.25, -0.2) is 8.78 Å². The van der Waals surface area contributed by atoms with E-state index in [0.29, 0.717) is 11.3 Å². The molecule has 0 aromatic carbocycles. The van der Waals surface area contributed by atoms with Gasteiger partial charge in [0.15, 0.2) is 5.56 Å². The van der Waals surface area contributed by atoms with Crippen LogP contribution in [0.25, 0.3) is 11.7 Å². The molecule has 2 amide bonds. The first-order chi connectivity index (χ1) is 15.5. The van der Waals surface area contributed by atoms with Crippen molar-refractivity contribution in [2.24, 2.45) is 5.92 Å². The summed E-state index contributed by atoms with van der Waals surface area (Å²) in [7, 11) is 0. The van der Waals surface area contributed by atoms with Crippen molar-refractivity contribution in [3.05, 3.63) is 33.3 Å². The fraction of sp³-hybridized carbons (Fsp3) is 0.545. The summed E-state index contributed by atoms with van der Waals surface area (Å²) < 4.78 is 29.4. The monoisotopic (exact) mass is 463 g/mol. The molecule has 4 rings (SSSR count). The first-order valence-corrected chi connectivity index (χ1v) is 11.0. The molecule has 3 heterocycles. The normalized spacial score (nSPS) is 18.1. The molecule has 0 unspecified atom stereocenters. The van der Waals surface area contributed by atoms with Crippen LogP contribution in [0.3, 0.4) is 0 Å². The van der Waals surface area contributed by atoms with Gasteiger partial charge in [-0.1, -0.05) is 13.8 Å². The topological polar surface area (TPSA) is 109 Å². The van der Waals surface area contributed by atoms with Crippen molar-refractivity contribution in [1.29, 1.82) is 0 Å². The van der Waals surface area contributed by atoms with Crippen molar-refractivity contribution in [3.63, 3.8) is 0 Å². The number of carbonyl (C=O) groups excluding carboxylic acids is 2. The molecule has 2 aromatic heterocycles. The average Bonchev–Trinajstić information content (AvgIpc) is 3.36. The lowest BCUT2D eigenvalue weighted by Gasteiger charge is -2.17. The van der Waals surface area contributed by atoms with E-state index in [-0.39, 0.29) is 42.7 Å². The van der Waals surface area contributed by atoms with Gasteiger partial charge in [-0.3, -0.25) is 19.0 Å². The molecule has 1 aliphatic heterocycles. The minimum Gasteiger partial charge on any atom is -0.494 e. The zero-order chi connectivity index (χ0) is 24.1. The summed E-state index contributed by atoms with van der Waals surface area (Å²) in [6.07, 6.45) is 3.84. The van der Waals surface area contributed by atoms with Crippen molar-refractivity contribution in [1.82, 2.24) is 24.4 Å². The van der Waals surface area contributed by atoms with E-state index in [2.05, 4.69) is 10.4 Å². The number of nitrogens with zero attached hydrogens (tertiary/aromatic N) is 4. The van der Waals surface area contributed by atoms with Gasteiger partial charge >= 0.3 is 0 Å². The second kappa shape index (κ2) is 8.27. The molecule has 11 heteroatoms. The Balaban J connectivity index is 1.79. The molecule has 0 radical (unpaired) electrons. The van der Waals surface area contributed by atoms with Crippen LogP contribution in [0.1, 0.15) is 54.7 Å². The number of aromatic nitrogens is 3. The smallest absolute Gasteiger partial charge is 0.291 e. The highest BCUT2D eigenvalue weighted by atomic mass is 19.3. The number of likely N-dealkylation sites (tertiary alicyclic amines) is 1. The van der Waals surface area contributed by atoms with Crippen LogP contribution < -0.4 is 10.9 Å². The van der Waals surface area contributed by atoms with Gasteiger partial charge < -0.3 is 15.3 Å². The van der Waals surface area contributed by atoms with Crippen LogP contribution in [0.5, 0.6) is 5.88 Å². The molecule has 1 saturated heterocycles. The predicted octanol–water partition coefficient (Wildman–Crippen LogP) is 1.94. The van der Waals surface area contributed by atoms with Gasteiger partial charge in [-0.15, -0.1) is 0 Å². The van der Waals surface area contributed by atoms with Crippen LogP contribution in [-0.2, 0) is 11.3 Å². The Hall–Kier alpha value is -3.24. The van der Waals surface area contributed by atoms with Gasteiger partial charge in [0, 0.05) is 37.2 Å². The molecule has 1 saturated carbocycles. The highest BCUT2D eigenvalue weighted by molar-refractivity contribution is 5.97. The Bertz CT molecular complexity index is 1210. The lowest BCUT2D eigenvalue weighted by molar-refractivity contribution is -0.126. The number of nitrogens with one attached hydrogen (secondary N) is 1. The lowest BCUT2D eigenvalue weighted by Crippen LogP contribution is -2.34. The number of aromatic hydroxyl groups is 1. The molecule has 0 atom stereocenters. The quantitative estimate of drug-likeness (QED) is 0.637. The molecule has 33 heavy (non-hydrogen) atoms. The fourth-order valence-corrected chi connectivity index (χ4v) is 3.97.